The molecule has 0 aromatic heterocycles. The van der Waals surface area contributed by atoms with Gasteiger partial charge in [0.1, 0.15) is 0 Å². The number of ether oxygens (including phenoxy) is 2. The molecule has 3 saturated heterocycles. The van der Waals surface area contributed by atoms with E-state index in [1.165, 1.54) is 7.11 Å². The maximum Gasteiger partial charge on any atom is 0.305 e. The Bertz CT molecular complexity index is 1290. The van der Waals surface area contributed by atoms with Crippen LogP contribution in [0, 0.1) is 5.92 Å². The lowest BCUT2D eigenvalue weighted by atomic mass is 9.82. The van der Waals surface area contributed by atoms with Gasteiger partial charge in [0.05, 0.1) is 44.5 Å². The van der Waals surface area contributed by atoms with Gasteiger partial charge in [0.15, 0.2) is 5.60 Å². The normalized spacial score (nSPS) is 28.7. The predicted molar refractivity (Wildman–Crippen MR) is 164 cm³/mol. The molecule has 1 aromatic rings. The number of fused-ring (bicyclic) bond motifs is 2. The van der Waals surface area contributed by atoms with Gasteiger partial charge in [0.2, 0.25) is 20.2 Å². The number of hydrogen-bond acceptors (Lipinski definition) is 8. The lowest BCUT2D eigenvalue weighted by Crippen LogP contribution is -2.48. The Hall–Kier alpha value is -2.87. The standard InChI is InChI=1S/C31H45FN4O7Si/c1-20-29(44(3,4)32)25(17-26(38)34-14-7-8-22(34)19-37)43-31(20)23-16-21(35-15-12-33-18-27(35)39)10-11-24(23)36(30(31)41)13-6-5-9-28(40)42-2/h10-11,16,20,22,25,29,33,37H,5-9,12-15,17-19H2,1-4H3/t20-,22+,25+,29-,31+/m1/s1. The molecule has 0 bridgehead atoms. The molecule has 5 rings (SSSR count). The molecule has 4 heterocycles. The van der Waals surface area contributed by atoms with Crippen molar-refractivity contribution in [3.8, 4) is 0 Å². The van der Waals surface area contributed by atoms with Crippen molar-refractivity contribution >= 4 is 43.5 Å². The average Bonchev–Trinajstić information content (AvgIpc) is 3.65. The molecular formula is C31H45FN4O7Si. The van der Waals surface area contributed by atoms with Crippen molar-refractivity contribution < 1.29 is 37.9 Å². The third-order valence-electron chi connectivity index (χ3n) is 9.87. The molecule has 4 aliphatic rings. The summed E-state index contributed by atoms with van der Waals surface area (Å²) in [7, 11) is -2.15. The third kappa shape index (κ3) is 5.79. The number of rotatable bonds is 10. The first-order valence-corrected chi connectivity index (χ1v) is 18.7. The predicted octanol–water partition coefficient (Wildman–Crippen LogP) is 2.46. The van der Waals surface area contributed by atoms with E-state index in [0.717, 1.165) is 6.42 Å². The molecule has 0 unspecified atom stereocenters. The lowest BCUT2D eigenvalue weighted by Gasteiger charge is -2.32. The number of nitrogens with one attached hydrogen (secondary N) is 1. The smallest absolute Gasteiger partial charge is 0.305 e. The van der Waals surface area contributed by atoms with E-state index in [9.17, 15) is 24.3 Å². The number of amides is 3. The van der Waals surface area contributed by atoms with Gasteiger partial charge in [-0.2, -0.15) is 0 Å². The number of anilines is 2. The first kappa shape index (κ1) is 32.5. The van der Waals surface area contributed by atoms with Crippen molar-refractivity contribution in [1.29, 1.82) is 0 Å². The minimum atomic E-state index is -3.49. The molecule has 0 saturated carbocycles. The molecule has 242 valence electrons. The summed E-state index contributed by atoms with van der Waals surface area (Å²) >= 11 is 0. The summed E-state index contributed by atoms with van der Waals surface area (Å²) in [5.74, 6) is -1.50. The van der Waals surface area contributed by atoms with Gasteiger partial charge in [-0.3, -0.25) is 19.2 Å². The fraction of sp³-hybridized carbons (Fsp3) is 0.677. The summed E-state index contributed by atoms with van der Waals surface area (Å²) in [5, 5.41) is 12.9. The van der Waals surface area contributed by atoms with Crippen LogP contribution in [0.4, 0.5) is 15.5 Å². The van der Waals surface area contributed by atoms with Crippen molar-refractivity contribution in [2.24, 2.45) is 5.92 Å². The van der Waals surface area contributed by atoms with E-state index in [1.807, 2.05) is 25.1 Å². The van der Waals surface area contributed by atoms with E-state index >= 15 is 4.11 Å². The number of piperazine rings is 1. The number of hydrogen-bond donors (Lipinski definition) is 2. The molecule has 0 radical (unpaired) electrons. The number of aliphatic hydroxyl groups is 1. The Morgan fingerprint density at radius 3 is 2.68 bits per heavy atom. The number of esters is 1. The number of carbonyl (C=O) groups is 4. The van der Waals surface area contributed by atoms with E-state index in [1.54, 1.807) is 27.8 Å². The van der Waals surface area contributed by atoms with Crippen LogP contribution < -0.4 is 15.1 Å². The van der Waals surface area contributed by atoms with Gasteiger partial charge in [-0.15, -0.1) is 0 Å². The van der Waals surface area contributed by atoms with E-state index in [2.05, 4.69) is 5.32 Å². The number of nitrogens with zero attached hydrogens (tertiary/aromatic N) is 3. The van der Waals surface area contributed by atoms with Crippen molar-refractivity contribution in [3.63, 3.8) is 0 Å². The van der Waals surface area contributed by atoms with Crippen LogP contribution in [0.5, 0.6) is 0 Å². The van der Waals surface area contributed by atoms with E-state index in [0.29, 0.717) is 62.4 Å². The number of benzene rings is 1. The minimum absolute atomic E-state index is 0.0781. The molecule has 44 heavy (non-hydrogen) atoms. The average molecular weight is 633 g/mol. The highest BCUT2D eigenvalue weighted by Crippen LogP contribution is 2.60. The van der Waals surface area contributed by atoms with Crippen LogP contribution in [0.1, 0.15) is 51.0 Å². The van der Waals surface area contributed by atoms with E-state index in [4.69, 9.17) is 9.47 Å². The zero-order valence-electron chi connectivity index (χ0n) is 26.1. The number of aliphatic hydroxyl groups excluding tert-OH is 1. The van der Waals surface area contributed by atoms with Crippen molar-refractivity contribution in [1.82, 2.24) is 10.2 Å². The molecule has 11 nitrogen and oxygen atoms in total. The summed E-state index contributed by atoms with van der Waals surface area (Å²) in [6.07, 6.45) is 1.89. The Morgan fingerprint density at radius 1 is 1.23 bits per heavy atom. The van der Waals surface area contributed by atoms with Gasteiger partial charge < -0.3 is 38.7 Å². The molecule has 2 N–H and O–H groups in total. The first-order chi connectivity index (χ1) is 20.9. The summed E-state index contributed by atoms with van der Waals surface area (Å²) < 4.78 is 27.8. The quantitative estimate of drug-likeness (QED) is 0.174. The summed E-state index contributed by atoms with van der Waals surface area (Å²) in [4.78, 5) is 57.6. The van der Waals surface area contributed by atoms with Gasteiger partial charge in [-0.1, -0.05) is 6.92 Å². The maximum atomic E-state index is 16.2. The monoisotopic (exact) mass is 632 g/mol. The van der Waals surface area contributed by atoms with Crippen LogP contribution in [0.2, 0.25) is 18.6 Å². The van der Waals surface area contributed by atoms with E-state index < -0.39 is 31.6 Å². The SMILES string of the molecule is COC(=O)CCCCN1C(=O)[C@@]2(O[C@@H](CC(=O)N3CCC[C@H]3CO)[C@H]([Si](C)(C)F)[C@H]2C)c2cc(N3CCNCC3=O)ccc21. The van der Waals surface area contributed by atoms with Crippen LogP contribution >= 0.6 is 0 Å². The second-order valence-corrected chi connectivity index (χ2v) is 16.7. The summed E-state index contributed by atoms with van der Waals surface area (Å²) in [6, 6.07) is 5.21. The van der Waals surface area contributed by atoms with Crippen molar-refractivity contribution in [3.05, 3.63) is 23.8 Å². The number of unbranched alkanes of at least 4 members (excludes halogenated alkanes) is 1. The highest BCUT2D eigenvalue weighted by Gasteiger charge is 2.67. The fourth-order valence-corrected chi connectivity index (χ4v) is 10.3. The van der Waals surface area contributed by atoms with Crippen LogP contribution in [-0.4, -0.2) is 101 Å². The van der Waals surface area contributed by atoms with Crippen molar-refractivity contribution in [2.75, 3.05) is 56.2 Å². The summed E-state index contributed by atoms with van der Waals surface area (Å²) in [6.45, 7) is 7.08. The molecule has 5 atom stereocenters. The van der Waals surface area contributed by atoms with E-state index in [-0.39, 0.29) is 55.7 Å². The van der Waals surface area contributed by atoms with Crippen LogP contribution in [0.15, 0.2) is 18.2 Å². The fourth-order valence-electron chi connectivity index (χ4n) is 7.79. The highest BCUT2D eigenvalue weighted by molar-refractivity contribution is 6.72. The second kappa shape index (κ2) is 12.9. The molecule has 4 aliphatic heterocycles. The first-order valence-electron chi connectivity index (χ1n) is 15.8. The van der Waals surface area contributed by atoms with Crippen LogP contribution in [-0.2, 0) is 34.3 Å². The van der Waals surface area contributed by atoms with Crippen molar-refractivity contribution in [2.45, 2.75) is 81.8 Å². The molecule has 3 amide bonds. The van der Waals surface area contributed by atoms with Gasteiger partial charge in [0.25, 0.3) is 5.91 Å². The number of methoxy groups -OCH3 is 1. The summed E-state index contributed by atoms with van der Waals surface area (Å²) in [5.41, 5.74) is -0.323. The number of halogens is 1. The molecule has 0 aliphatic carbocycles. The Kier molecular flexibility index (Phi) is 9.50. The zero-order valence-corrected chi connectivity index (χ0v) is 27.1. The minimum Gasteiger partial charge on any atom is -0.469 e. The lowest BCUT2D eigenvalue weighted by molar-refractivity contribution is -0.150. The third-order valence-corrected chi connectivity index (χ3v) is 12.3. The van der Waals surface area contributed by atoms with Crippen LogP contribution in [0.25, 0.3) is 0 Å². The van der Waals surface area contributed by atoms with Gasteiger partial charge in [-0.25, -0.2) is 0 Å². The van der Waals surface area contributed by atoms with Crippen LogP contribution in [0.3, 0.4) is 0 Å². The Morgan fingerprint density at radius 2 is 2.00 bits per heavy atom. The Balaban J connectivity index is 1.52. The number of likely N-dealkylation sites (tertiary alicyclic amines) is 1. The Labute approximate surface area is 259 Å². The zero-order chi connectivity index (χ0) is 31.8. The van der Waals surface area contributed by atoms with Gasteiger partial charge in [0, 0.05) is 55.3 Å². The number of carbonyl (C=O) groups excluding carboxylic acids is 4. The van der Waals surface area contributed by atoms with Gasteiger partial charge >= 0.3 is 5.97 Å². The van der Waals surface area contributed by atoms with Gasteiger partial charge in [-0.05, 0) is 57.0 Å². The second-order valence-electron chi connectivity index (χ2n) is 13.0. The maximum absolute atomic E-state index is 16.2. The molecule has 13 heteroatoms. The largest absolute Gasteiger partial charge is 0.469 e. The topological polar surface area (TPSA) is 129 Å². The molecule has 1 aromatic carbocycles. The molecule has 1 spiro atoms. The highest BCUT2D eigenvalue weighted by atomic mass is 28.4. The molecular weight excluding hydrogens is 587 g/mol. The molecule has 3 fully saturated rings.